The van der Waals surface area contributed by atoms with Gasteiger partial charge in [0.05, 0.1) is 17.6 Å². The van der Waals surface area contributed by atoms with Gasteiger partial charge in [0.15, 0.2) is 0 Å². The lowest BCUT2D eigenvalue weighted by Crippen LogP contribution is -2.39. The summed E-state index contributed by atoms with van der Waals surface area (Å²) in [5, 5.41) is 0. The van der Waals surface area contributed by atoms with Gasteiger partial charge in [0.2, 0.25) is 0 Å². The topological polar surface area (TPSA) is 73.7 Å². The maximum Gasteiger partial charge on any atom is 0.418 e. The number of hydrogen-bond donors (Lipinski definition) is 0. The van der Waals surface area contributed by atoms with Crippen LogP contribution in [0.2, 0.25) is 0 Å². The van der Waals surface area contributed by atoms with Crippen LogP contribution >= 0.6 is 15.9 Å². The van der Waals surface area contributed by atoms with Gasteiger partial charge in [0, 0.05) is 23.9 Å². The SMILES string of the molecule is CC(CN(C)C(=O)OC(C)(C)C)OC(=O)n1ccc2ncc(Br)cc21. The molecule has 8 heteroatoms. The number of carbonyl (C=O) groups excluding carboxylic acids is 2. The van der Waals surface area contributed by atoms with Crippen molar-refractivity contribution in [2.75, 3.05) is 13.6 Å². The van der Waals surface area contributed by atoms with Gasteiger partial charge in [-0.2, -0.15) is 0 Å². The molecule has 2 rings (SSSR count). The fraction of sp³-hybridized carbons (Fsp3) is 0.471. The molecule has 2 aromatic heterocycles. The molecule has 7 nitrogen and oxygen atoms in total. The van der Waals surface area contributed by atoms with E-state index in [1.54, 1.807) is 59.3 Å². The van der Waals surface area contributed by atoms with Crippen LogP contribution in [0.5, 0.6) is 0 Å². The van der Waals surface area contributed by atoms with Crippen molar-refractivity contribution in [3.05, 3.63) is 29.0 Å². The molecule has 2 heterocycles. The summed E-state index contributed by atoms with van der Waals surface area (Å²) >= 11 is 3.34. The second-order valence-electron chi connectivity index (χ2n) is 6.80. The Morgan fingerprint density at radius 3 is 2.72 bits per heavy atom. The van der Waals surface area contributed by atoms with Gasteiger partial charge in [-0.3, -0.25) is 9.55 Å². The third-order valence-electron chi connectivity index (χ3n) is 3.24. The lowest BCUT2D eigenvalue weighted by Gasteiger charge is -2.26. The molecule has 1 atom stereocenters. The fourth-order valence-corrected chi connectivity index (χ4v) is 2.53. The Hall–Kier alpha value is -2.09. The molecule has 0 N–H and O–H groups in total. The maximum atomic E-state index is 12.4. The molecular weight excluding hydrogens is 390 g/mol. The minimum Gasteiger partial charge on any atom is -0.444 e. The van der Waals surface area contributed by atoms with Crippen LogP contribution in [0.3, 0.4) is 0 Å². The highest BCUT2D eigenvalue weighted by molar-refractivity contribution is 9.10. The lowest BCUT2D eigenvalue weighted by molar-refractivity contribution is 0.0194. The highest BCUT2D eigenvalue weighted by Gasteiger charge is 2.22. The summed E-state index contributed by atoms with van der Waals surface area (Å²) in [4.78, 5) is 30.0. The summed E-state index contributed by atoms with van der Waals surface area (Å²) in [5.41, 5.74) is 0.765. The summed E-state index contributed by atoms with van der Waals surface area (Å²) in [6, 6.07) is 3.53. The minimum atomic E-state index is -0.574. The second-order valence-corrected chi connectivity index (χ2v) is 7.71. The number of nitrogens with zero attached hydrogens (tertiary/aromatic N) is 3. The first-order chi connectivity index (χ1) is 11.6. The molecular formula is C17H22BrN3O4. The second kappa shape index (κ2) is 7.43. The van der Waals surface area contributed by atoms with Gasteiger partial charge in [0.1, 0.15) is 11.7 Å². The first kappa shape index (κ1) is 19.2. The predicted molar refractivity (Wildman–Crippen MR) is 97.6 cm³/mol. The molecule has 0 aromatic carbocycles. The molecule has 0 saturated carbocycles. The quantitative estimate of drug-likeness (QED) is 0.761. The van der Waals surface area contributed by atoms with Crippen molar-refractivity contribution in [1.82, 2.24) is 14.5 Å². The van der Waals surface area contributed by atoms with E-state index in [0.29, 0.717) is 11.0 Å². The van der Waals surface area contributed by atoms with Crippen LogP contribution in [-0.2, 0) is 9.47 Å². The first-order valence-electron chi connectivity index (χ1n) is 7.84. The van der Waals surface area contributed by atoms with Crippen LogP contribution in [0.1, 0.15) is 27.7 Å². The molecule has 2 aromatic rings. The molecule has 0 saturated heterocycles. The average Bonchev–Trinajstić information content (AvgIpc) is 2.88. The summed E-state index contributed by atoms with van der Waals surface area (Å²) in [5.74, 6) is 0. The summed E-state index contributed by atoms with van der Waals surface area (Å²) in [7, 11) is 1.60. The molecule has 0 bridgehead atoms. The third-order valence-corrected chi connectivity index (χ3v) is 3.67. The zero-order valence-electron chi connectivity index (χ0n) is 14.9. The summed E-state index contributed by atoms with van der Waals surface area (Å²) < 4.78 is 12.9. The summed E-state index contributed by atoms with van der Waals surface area (Å²) in [6.07, 6.45) is 1.78. The minimum absolute atomic E-state index is 0.224. The van der Waals surface area contributed by atoms with Crippen molar-refractivity contribution in [1.29, 1.82) is 0 Å². The van der Waals surface area contributed by atoms with Crippen LogP contribution in [0, 0.1) is 0 Å². The van der Waals surface area contributed by atoms with E-state index < -0.39 is 23.9 Å². The van der Waals surface area contributed by atoms with Gasteiger partial charge in [-0.25, -0.2) is 9.59 Å². The molecule has 0 aliphatic heterocycles. The van der Waals surface area contributed by atoms with E-state index in [9.17, 15) is 9.59 Å². The highest BCUT2D eigenvalue weighted by atomic mass is 79.9. The van der Waals surface area contributed by atoms with E-state index >= 15 is 0 Å². The van der Waals surface area contributed by atoms with E-state index in [1.807, 2.05) is 0 Å². The maximum absolute atomic E-state index is 12.4. The number of hydrogen-bond acceptors (Lipinski definition) is 5. The zero-order chi connectivity index (χ0) is 18.8. The number of aromatic nitrogens is 2. The third kappa shape index (κ3) is 5.19. The monoisotopic (exact) mass is 411 g/mol. The summed E-state index contributed by atoms with van der Waals surface area (Å²) in [6.45, 7) is 7.34. The van der Waals surface area contributed by atoms with Crippen molar-refractivity contribution in [2.45, 2.75) is 39.4 Å². The molecule has 0 aliphatic carbocycles. The van der Waals surface area contributed by atoms with E-state index in [1.165, 1.54) is 9.47 Å². The van der Waals surface area contributed by atoms with Crippen LogP contribution in [0.4, 0.5) is 9.59 Å². The first-order valence-corrected chi connectivity index (χ1v) is 8.64. The number of halogens is 1. The molecule has 0 fully saturated rings. The largest absolute Gasteiger partial charge is 0.444 e. The Morgan fingerprint density at radius 2 is 2.08 bits per heavy atom. The number of rotatable bonds is 3. The fourth-order valence-electron chi connectivity index (χ4n) is 2.21. The normalized spacial score (nSPS) is 12.7. The van der Waals surface area contributed by atoms with Gasteiger partial charge < -0.3 is 14.4 Å². The number of ether oxygens (including phenoxy) is 2. The van der Waals surface area contributed by atoms with Crippen molar-refractivity contribution < 1.29 is 19.1 Å². The van der Waals surface area contributed by atoms with Crippen LogP contribution in [0.25, 0.3) is 11.0 Å². The Labute approximate surface area is 155 Å². The molecule has 0 radical (unpaired) electrons. The average molecular weight is 412 g/mol. The highest BCUT2D eigenvalue weighted by Crippen LogP contribution is 2.19. The smallest absolute Gasteiger partial charge is 0.418 e. The van der Waals surface area contributed by atoms with Gasteiger partial charge in [-0.15, -0.1) is 0 Å². The van der Waals surface area contributed by atoms with Gasteiger partial charge in [-0.1, -0.05) is 0 Å². The van der Waals surface area contributed by atoms with Gasteiger partial charge in [-0.05, 0) is 55.8 Å². The number of pyridine rings is 1. The molecule has 1 unspecified atom stereocenters. The van der Waals surface area contributed by atoms with Gasteiger partial charge in [0.25, 0.3) is 0 Å². The van der Waals surface area contributed by atoms with Crippen LogP contribution in [0.15, 0.2) is 29.0 Å². The lowest BCUT2D eigenvalue weighted by atomic mass is 10.2. The molecule has 136 valence electrons. The van der Waals surface area contributed by atoms with Crippen LogP contribution in [-0.4, -0.2) is 51.9 Å². The number of fused-ring (bicyclic) bond motifs is 1. The number of carbonyl (C=O) groups is 2. The number of likely N-dealkylation sites (N-methyl/N-ethyl adjacent to an activating group) is 1. The van der Waals surface area contributed by atoms with Gasteiger partial charge >= 0.3 is 12.2 Å². The Morgan fingerprint density at radius 1 is 1.40 bits per heavy atom. The Balaban J connectivity index is 1.99. The van der Waals surface area contributed by atoms with E-state index in [4.69, 9.17) is 9.47 Å². The predicted octanol–water partition coefficient (Wildman–Crippen LogP) is 4.04. The van der Waals surface area contributed by atoms with Crippen LogP contribution < -0.4 is 0 Å². The van der Waals surface area contributed by atoms with E-state index in [2.05, 4.69) is 20.9 Å². The molecule has 25 heavy (non-hydrogen) atoms. The van der Waals surface area contributed by atoms with E-state index in [-0.39, 0.29) is 6.54 Å². The number of amides is 1. The molecule has 0 aliphatic rings. The standard InChI is InChI=1S/C17H22BrN3O4/c1-11(10-20(5)15(22)25-17(2,3)4)24-16(23)21-7-6-13-14(21)8-12(18)9-19-13/h6-9,11H,10H2,1-5H3. The van der Waals surface area contributed by atoms with Crippen molar-refractivity contribution in [2.24, 2.45) is 0 Å². The van der Waals surface area contributed by atoms with E-state index in [0.717, 1.165) is 4.47 Å². The van der Waals surface area contributed by atoms with Crippen molar-refractivity contribution in [3.63, 3.8) is 0 Å². The zero-order valence-corrected chi connectivity index (χ0v) is 16.5. The molecule has 1 amide bonds. The Bertz CT molecular complexity index is 782. The Kier molecular flexibility index (Phi) is 5.72. The van der Waals surface area contributed by atoms with Crippen molar-refractivity contribution in [3.8, 4) is 0 Å². The van der Waals surface area contributed by atoms with Crippen molar-refractivity contribution >= 4 is 39.1 Å². The molecule has 0 spiro atoms.